The Morgan fingerprint density at radius 1 is 0.930 bits per heavy atom. The molecule has 0 bridgehead atoms. The lowest BCUT2D eigenvalue weighted by Gasteiger charge is -2.13. The van der Waals surface area contributed by atoms with E-state index in [1.807, 2.05) is 43.3 Å². The van der Waals surface area contributed by atoms with Crippen LogP contribution in [0.5, 0.6) is 17.2 Å². The number of ether oxygens (including phenoxy) is 3. The van der Waals surface area contributed by atoms with Crippen LogP contribution in [0.3, 0.4) is 0 Å². The molecule has 5 aromatic rings. The van der Waals surface area contributed by atoms with E-state index >= 15 is 0 Å². The average Bonchev–Trinajstić information content (AvgIpc) is 3.47. The first-order valence-electron chi connectivity index (χ1n) is 13.5. The van der Waals surface area contributed by atoms with Crippen LogP contribution < -0.4 is 25.0 Å². The molecule has 43 heavy (non-hydrogen) atoms. The predicted octanol–water partition coefficient (Wildman–Crippen LogP) is 5.62. The van der Waals surface area contributed by atoms with Gasteiger partial charge in [-0.25, -0.2) is 5.43 Å². The van der Waals surface area contributed by atoms with E-state index in [0.29, 0.717) is 46.2 Å². The molecule has 0 aliphatic rings. The van der Waals surface area contributed by atoms with Gasteiger partial charge in [-0.3, -0.25) is 14.9 Å². The third-order valence-corrected chi connectivity index (χ3v) is 7.12. The van der Waals surface area contributed by atoms with Crippen molar-refractivity contribution in [3.05, 3.63) is 107 Å². The number of hydrogen-bond donors (Lipinski definition) is 2. The number of carbonyl (C=O) groups is 2. The monoisotopic (exact) mass is 595 g/mol. The molecule has 0 unspecified atom stereocenters. The van der Waals surface area contributed by atoms with E-state index in [2.05, 4.69) is 44.2 Å². The average molecular weight is 596 g/mol. The minimum atomic E-state index is -0.375. The molecule has 0 aliphatic carbocycles. The summed E-state index contributed by atoms with van der Waals surface area (Å²) in [6.45, 7) is 2.76. The number of benzene rings is 4. The van der Waals surface area contributed by atoms with Crippen molar-refractivity contribution in [3.63, 3.8) is 0 Å². The van der Waals surface area contributed by atoms with Gasteiger partial charge < -0.3 is 14.2 Å². The maximum atomic E-state index is 12.4. The molecule has 4 aromatic carbocycles. The van der Waals surface area contributed by atoms with Gasteiger partial charge in [0.05, 0.1) is 26.4 Å². The molecule has 0 aliphatic heterocycles. The number of methoxy groups -OCH3 is 1. The summed E-state index contributed by atoms with van der Waals surface area (Å²) in [7, 11) is 1.56. The highest BCUT2D eigenvalue weighted by molar-refractivity contribution is 7.15. The van der Waals surface area contributed by atoms with Gasteiger partial charge in [0.25, 0.3) is 5.91 Å². The van der Waals surface area contributed by atoms with Crippen molar-refractivity contribution in [2.75, 3.05) is 19.0 Å². The lowest BCUT2D eigenvalue weighted by molar-refractivity contribution is -0.120. The van der Waals surface area contributed by atoms with Gasteiger partial charge in [0.2, 0.25) is 11.0 Å². The number of hydrogen-bond acceptors (Lipinski definition) is 9. The molecule has 11 heteroatoms. The number of amides is 2. The van der Waals surface area contributed by atoms with E-state index < -0.39 is 0 Å². The van der Waals surface area contributed by atoms with E-state index in [0.717, 1.165) is 33.2 Å². The van der Waals surface area contributed by atoms with E-state index in [-0.39, 0.29) is 18.2 Å². The quantitative estimate of drug-likeness (QED) is 0.142. The summed E-state index contributed by atoms with van der Waals surface area (Å²) in [5, 5.41) is 17.7. The number of fused-ring (bicyclic) bond motifs is 1. The SMILES string of the molecule is CCOc1cc(/C=N\NC(=O)Cc2nnc(NC(=O)c3ccc(OC)cc3)s2)ccc1OCc1cccc2ccccc12. The molecule has 218 valence electrons. The van der Waals surface area contributed by atoms with Crippen LogP contribution >= 0.6 is 11.3 Å². The second-order valence-electron chi connectivity index (χ2n) is 9.22. The Kier molecular flexibility index (Phi) is 9.55. The summed E-state index contributed by atoms with van der Waals surface area (Å²) in [5.74, 6) is 1.13. The molecule has 0 radical (unpaired) electrons. The number of nitrogens with zero attached hydrogens (tertiary/aromatic N) is 3. The van der Waals surface area contributed by atoms with Crippen LogP contribution in [0.25, 0.3) is 10.8 Å². The van der Waals surface area contributed by atoms with Gasteiger partial charge in [-0.2, -0.15) is 5.10 Å². The smallest absolute Gasteiger partial charge is 0.257 e. The largest absolute Gasteiger partial charge is 0.497 e. The van der Waals surface area contributed by atoms with Gasteiger partial charge in [-0.15, -0.1) is 10.2 Å². The van der Waals surface area contributed by atoms with Gasteiger partial charge in [-0.05, 0) is 71.3 Å². The first kappa shape index (κ1) is 29.2. The summed E-state index contributed by atoms with van der Waals surface area (Å²) in [6.07, 6.45) is 1.48. The molecule has 2 N–H and O–H groups in total. The fourth-order valence-electron chi connectivity index (χ4n) is 4.21. The Morgan fingerprint density at radius 3 is 2.56 bits per heavy atom. The minimum absolute atomic E-state index is 0.0431. The molecule has 0 saturated carbocycles. The number of anilines is 1. The second kappa shape index (κ2) is 14.1. The van der Waals surface area contributed by atoms with Crippen molar-refractivity contribution < 1.29 is 23.8 Å². The van der Waals surface area contributed by atoms with Crippen molar-refractivity contribution in [1.82, 2.24) is 15.6 Å². The molecule has 5 rings (SSSR count). The standard InChI is InChI=1S/C32H29N5O5S/c1-3-41-28-17-21(11-16-27(28)42-20-24-9-6-8-22-7-4-5-10-26(22)24)19-33-35-29(38)18-30-36-37-32(43-30)34-31(39)23-12-14-25(40-2)15-13-23/h4-17,19H,3,18,20H2,1-2H3,(H,35,38)(H,34,37,39)/b33-19-. The molecular weight excluding hydrogens is 566 g/mol. The Balaban J connectivity index is 1.14. The zero-order chi connectivity index (χ0) is 30.0. The molecule has 1 aromatic heterocycles. The number of aromatic nitrogens is 2. The van der Waals surface area contributed by atoms with Gasteiger partial charge >= 0.3 is 0 Å². The second-order valence-corrected chi connectivity index (χ2v) is 10.3. The van der Waals surface area contributed by atoms with Crippen LogP contribution in [-0.4, -0.2) is 41.9 Å². The summed E-state index contributed by atoms with van der Waals surface area (Å²) in [6, 6.07) is 26.5. The molecule has 1 heterocycles. The molecule has 0 spiro atoms. The third-order valence-electron chi connectivity index (χ3n) is 6.28. The van der Waals surface area contributed by atoms with Crippen molar-refractivity contribution in [1.29, 1.82) is 0 Å². The first-order valence-corrected chi connectivity index (χ1v) is 14.3. The number of nitrogens with one attached hydrogen (secondary N) is 2. The number of carbonyl (C=O) groups excluding carboxylic acids is 2. The highest BCUT2D eigenvalue weighted by atomic mass is 32.1. The Bertz CT molecular complexity index is 1750. The molecule has 10 nitrogen and oxygen atoms in total. The van der Waals surface area contributed by atoms with Crippen LogP contribution in [0.4, 0.5) is 5.13 Å². The number of rotatable bonds is 12. The van der Waals surface area contributed by atoms with Gasteiger partial charge in [0.1, 0.15) is 17.4 Å². The normalized spacial score (nSPS) is 10.9. The Morgan fingerprint density at radius 2 is 1.74 bits per heavy atom. The van der Waals surface area contributed by atoms with E-state index in [4.69, 9.17) is 14.2 Å². The molecule has 0 fully saturated rings. The molecule has 2 amide bonds. The highest BCUT2D eigenvalue weighted by Crippen LogP contribution is 2.30. The van der Waals surface area contributed by atoms with E-state index in [9.17, 15) is 9.59 Å². The minimum Gasteiger partial charge on any atom is -0.497 e. The lowest BCUT2D eigenvalue weighted by Crippen LogP contribution is -2.19. The van der Waals surface area contributed by atoms with E-state index in [1.165, 1.54) is 6.21 Å². The summed E-state index contributed by atoms with van der Waals surface area (Å²) in [5.41, 5.74) is 4.74. The molecule has 0 saturated heterocycles. The van der Waals surface area contributed by atoms with Crippen LogP contribution in [0.15, 0.2) is 90.0 Å². The topological polar surface area (TPSA) is 124 Å². The van der Waals surface area contributed by atoms with Crippen LogP contribution in [0.2, 0.25) is 0 Å². The van der Waals surface area contributed by atoms with Gasteiger partial charge in [0.15, 0.2) is 11.5 Å². The zero-order valence-corrected chi connectivity index (χ0v) is 24.4. The lowest BCUT2D eigenvalue weighted by atomic mass is 10.1. The van der Waals surface area contributed by atoms with E-state index in [1.54, 1.807) is 37.4 Å². The van der Waals surface area contributed by atoms with Crippen molar-refractivity contribution in [3.8, 4) is 17.2 Å². The molecule has 0 atom stereocenters. The van der Waals surface area contributed by atoms with Crippen LogP contribution in [0.1, 0.15) is 33.4 Å². The number of hydrazone groups is 1. The summed E-state index contributed by atoms with van der Waals surface area (Å²) >= 11 is 1.11. The van der Waals surface area contributed by atoms with Gasteiger partial charge in [0, 0.05) is 5.56 Å². The third kappa shape index (κ3) is 7.72. The maximum absolute atomic E-state index is 12.4. The van der Waals surface area contributed by atoms with Crippen molar-refractivity contribution >= 4 is 45.3 Å². The summed E-state index contributed by atoms with van der Waals surface area (Å²) in [4.78, 5) is 24.9. The summed E-state index contributed by atoms with van der Waals surface area (Å²) < 4.78 is 17.0. The van der Waals surface area contributed by atoms with Crippen LogP contribution in [-0.2, 0) is 17.8 Å². The first-order chi connectivity index (χ1) is 21.0. The Hall–Kier alpha value is -5.29. The predicted molar refractivity (Wildman–Crippen MR) is 166 cm³/mol. The maximum Gasteiger partial charge on any atom is 0.257 e. The molecular formula is C32H29N5O5S. The van der Waals surface area contributed by atoms with Crippen LogP contribution in [0, 0.1) is 0 Å². The highest BCUT2D eigenvalue weighted by Gasteiger charge is 2.13. The van der Waals surface area contributed by atoms with Crippen molar-refractivity contribution in [2.45, 2.75) is 20.0 Å². The van der Waals surface area contributed by atoms with Crippen molar-refractivity contribution in [2.24, 2.45) is 5.10 Å². The van der Waals surface area contributed by atoms with Gasteiger partial charge in [-0.1, -0.05) is 53.8 Å². The fraction of sp³-hybridized carbons (Fsp3) is 0.156. The Labute approximate surface area is 252 Å². The fourth-order valence-corrected chi connectivity index (χ4v) is 4.94. The zero-order valence-electron chi connectivity index (χ0n) is 23.6.